The Kier molecular flexibility index (Phi) is 8.15. The van der Waals surface area contributed by atoms with Crippen LogP contribution in [0.25, 0.3) is 16.9 Å². The highest BCUT2D eigenvalue weighted by molar-refractivity contribution is 6.37. The Labute approximate surface area is 249 Å². The third-order valence-electron chi connectivity index (χ3n) is 7.32. The molecular weight excluding hydrogens is 578 g/mol. The molecule has 3 aromatic heterocycles. The summed E-state index contributed by atoms with van der Waals surface area (Å²) in [5, 5.41) is 6.89. The lowest BCUT2D eigenvalue weighted by Crippen LogP contribution is -2.38. The number of benzene rings is 1. The van der Waals surface area contributed by atoms with Crippen molar-refractivity contribution in [3.8, 4) is 17.0 Å². The second kappa shape index (κ2) is 12.3. The van der Waals surface area contributed by atoms with Crippen LogP contribution in [-0.2, 0) is 32.0 Å². The summed E-state index contributed by atoms with van der Waals surface area (Å²) in [5.41, 5.74) is 2.62. The average molecular weight is 607 g/mol. The van der Waals surface area contributed by atoms with Gasteiger partial charge in [0.2, 0.25) is 0 Å². The Morgan fingerprint density at radius 3 is 2.77 bits per heavy atom. The molecule has 4 aromatic rings. The average Bonchev–Trinajstić information content (AvgIpc) is 3.42. The van der Waals surface area contributed by atoms with Crippen LogP contribution in [0.4, 0.5) is 14.6 Å². The first-order valence-electron chi connectivity index (χ1n) is 14.1. The minimum atomic E-state index is -1.03. The van der Waals surface area contributed by atoms with E-state index in [4.69, 9.17) is 9.47 Å². The number of amides is 2. The fraction of sp³-hybridized carbons (Fsp3) is 0.333. The molecule has 12 nitrogen and oxygen atoms in total. The predicted molar refractivity (Wildman–Crippen MR) is 151 cm³/mol. The number of nitrogens with one attached hydrogen (secondary N) is 1. The number of imidazole rings is 1. The number of pyridine rings is 1. The van der Waals surface area contributed by atoms with Gasteiger partial charge in [0.05, 0.1) is 43.0 Å². The van der Waals surface area contributed by atoms with E-state index in [0.717, 1.165) is 6.07 Å². The van der Waals surface area contributed by atoms with Gasteiger partial charge in [-0.05, 0) is 31.2 Å². The van der Waals surface area contributed by atoms with Crippen LogP contribution in [0.5, 0.6) is 5.75 Å². The number of halogens is 2. The highest BCUT2D eigenvalue weighted by Crippen LogP contribution is 2.31. The minimum absolute atomic E-state index is 0.0464. The summed E-state index contributed by atoms with van der Waals surface area (Å²) < 4.78 is 46.5. The zero-order chi connectivity index (χ0) is 30.8. The van der Waals surface area contributed by atoms with E-state index in [1.54, 1.807) is 31.3 Å². The maximum Gasteiger partial charge on any atom is 0.397 e. The van der Waals surface area contributed by atoms with Gasteiger partial charge in [-0.15, -0.1) is 0 Å². The first-order chi connectivity index (χ1) is 21.3. The molecule has 0 spiro atoms. The number of carbonyl (C=O) groups is 3. The van der Waals surface area contributed by atoms with Gasteiger partial charge in [0, 0.05) is 55.7 Å². The van der Waals surface area contributed by atoms with Gasteiger partial charge < -0.3 is 19.1 Å². The maximum atomic E-state index is 14.9. The predicted octanol–water partition coefficient (Wildman–Crippen LogP) is 3.33. The van der Waals surface area contributed by atoms with Crippen LogP contribution in [0.3, 0.4) is 0 Å². The molecule has 0 atom stereocenters. The first-order valence-corrected chi connectivity index (χ1v) is 14.1. The van der Waals surface area contributed by atoms with E-state index < -0.39 is 23.5 Å². The lowest BCUT2D eigenvalue weighted by atomic mass is 10.0. The Hall–Kier alpha value is -4.98. The quantitative estimate of drug-likeness (QED) is 0.248. The van der Waals surface area contributed by atoms with E-state index in [2.05, 4.69) is 25.1 Å². The number of aromatic nitrogens is 4. The monoisotopic (exact) mass is 606 g/mol. The molecule has 5 heterocycles. The van der Waals surface area contributed by atoms with E-state index in [0.29, 0.717) is 67.2 Å². The molecule has 0 unspecified atom stereocenters. The highest BCUT2D eigenvalue weighted by Gasteiger charge is 2.29. The first kappa shape index (κ1) is 29.1. The summed E-state index contributed by atoms with van der Waals surface area (Å²) in [7, 11) is 0. The number of hydrogen-bond donors (Lipinski definition) is 1. The van der Waals surface area contributed by atoms with Crippen molar-refractivity contribution in [2.45, 2.75) is 38.8 Å². The molecule has 44 heavy (non-hydrogen) atoms. The molecule has 14 heteroatoms. The molecule has 2 aliphatic rings. The summed E-state index contributed by atoms with van der Waals surface area (Å²) in [6, 6.07) is 7.00. The maximum absolute atomic E-state index is 14.9. The lowest BCUT2D eigenvalue weighted by Gasteiger charge is -2.30. The number of anilines is 1. The van der Waals surface area contributed by atoms with Gasteiger partial charge >= 0.3 is 11.9 Å². The fourth-order valence-corrected chi connectivity index (χ4v) is 5.17. The van der Waals surface area contributed by atoms with Crippen LogP contribution < -0.4 is 10.1 Å². The molecule has 1 aromatic carbocycles. The Balaban J connectivity index is 1.22. The number of esters is 1. The van der Waals surface area contributed by atoms with Gasteiger partial charge in [0.15, 0.2) is 23.0 Å². The second-order valence-corrected chi connectivity index (χ2v) is 10.3. The zero-order valence-corrected chi connectivity index (χ0v) is 23.7. The number of rotatable bonds is 7. The van der Waals surface area contributed by atoms with Crippen LogP contribution in [0.1, 0.15) is 41.4 Å². The summed E-state index contributed by atoms with van der Waals surface area (Å²) in [4.78, 5) is 47.5. The Bertz CT molecular complexity index is 1760. The van der Waals surface area contributed by atoms with Crippen LogP contribution in [-0.4, -0.2) is 74.7 Å². The van der Waals surface area contributed by atoms with Crippen molar-refractivity contribution < 1.29 is 37.4 Å². The van der Waals surface area contributed by atoms with Crippen molar-refractivity contribution in [2.24, 2.45) is 0 Å². The smallest absolute Gasteiger partial charge is 0.397 e. The van der Waals surface area contributed by atoms with Gasteiger partial charge in [0.1, 0.15) is 11.9 Å². The third kappa shape index (κ3) is 6.06. The van der Waals surface area contributed by atoms with Gasteiger partial charge in [-0.2, -0.15) is 5.10 Å². The van der Waals surface area contributed by atoms with E-state index >= 15 is 0 Å². The number of hydrogen-bond acceptors (Lipinski definition) is 9. The molecule has 6 rings (SSSR count). The molecule has 1 saturated heterocycles. The third-order valence-corrected chi connectivity index (χ3v) is 7.32. The van der Waals surface area contributed by atoms with E-state index in [1.165, 1.54) is 21.7 Å². The molecule has 2 aliphatic heterocycles. The van der Waals surface area contributed by atoms with Crippen molar-refractivity contribution in [3.63, 3.8) is 0 Å². The van der Waals surface area contributed by atoms with Gasteiger partial charge in [0.25, 0.3) is 5.91 Å². The number of fused-ring (bicyclic) bond motifs is 2. The SMILES string of the molecule is CCOC(=O)C(=O)Nc1cn2nc(-c3cnc4c(c3)C(=O)N(Cc3cc(F)cc(F)c3OC3CCOCC3)CC4)ccc2n1. The molecule has 2 amide bonds. The summed E-state index contributed by atoms with van der Waals surface area (Å²) in [6.07, 6.45) is 4.40. The normalized spacial score (nSPS) is 15.2. The second-order valence-electron chi connectivity index (χ2n) is 10.3. The largest absolute Gasteiger partial charge is 0.487 e. The van der Waals surface area contributed by atoms with Crippen molar-refractivity contribution in [1.82, 2.24) is 24.5 Å². The van der Waals surface area contributed by atoms with Crippen LogP contribution >= 0.6 is 0 Å². The van der Waals surface area contributed by atoms with E-state index in [1.807, 2.05) is 0 Å². The summed E-state index contributed by atoms with van der Waals surface area (Å²) in [5.74, 6) is -3.84. The lowest BCUT2D eigenvalue weighted by molar-refractivity contribution is -0.152. The van der Waals surface area contributed by atoms with Crippen LogP contribution in [0.15, 0.2) is 42.7 Å². The van der Waals surface area contributed by atoms with Gasteiger partial charge in [-0.3, -0.25) is 19.9 Å². The van der Waals surface area contributed by atoms with Crippen molar-refractivity contribution in [1.29, 1.82) is 0 Å². The van der Waals surface area contributed by atoms with Gasteiger partial charge in [-0.1, -0.05) is 0 Å². The van der Waals surface area contributed by atoms with Crippen molar-refractivity contribution >= 4 is 29.2 Å². The fourth-order valence-electron chi connectivity index (χ4n) is 5.17. The number of nitrogens with zero attached hydrogens (tertiary/aromatic N) is 5. The molecule has 0 aliphatic carbocycles. The highest BCUT2D eigenvalue weighted by atomic mass is 19.1. The molecule has 1 N–H and O–H groups in total. The molecule has 0 saturated carbocycles. The van der Waals surface area contributed by atoms with Gasteiger partial charge in [-0.25, -0.2) is 23.1 Å². The molecule has 0 radical (unpaired) electrons. The topological polar surface area (TPSA) is 137 Å². The van der Waals surface area contributed by atoms with E-state index in [-0.39, 0.29) is 42.3 Å². The van der Waals surface area contributed by atoms with Crippen molar-refractivity contribution in [2.75, 3.05) is 31.7 Å². The number of carbonyl (C=O) groups excluding carboxylic acids is 3. The minimum Gasteiger partial charge on any atom is -0.487 e. The summed E-state index contributed by atoms with van der Waals surface area (Å²) >= 11 is 0. The molecule has 0 bridgehead atoms. The zero-order valence-electron chi connectivity index (χ0n) is 23.7. The van der Waals surface area contributed by atoms with Crippen LogP contribution in [0, 0.1) is 11.6 Å². The standard InChI is InChI=1S/C30H28F2N6O6/c1-2-43-30(41)28(39)35-25-16-38-26(34-25)4-3-23(36-38)17-12-21-24(33-14-17)5-8-37(29(21)40)15-18-11-19(31)13-22(32)27(18)44-20-6-9-42-10-7-20/h3-4,11-14,16,20H,2,5-10,15H2,1H3,(H,35,39). The molecule has 228 valence electrons. The molecular formula is C30H28F2N6O6. The Morgan fingerprint density at radius 2 is 1.98 bits per heavy atom. The van der Waals surface area contributed by atoms with Crippen LogP contribution in [0.2, 0.25) is 0 Å². The number of ether oxygens (including phenoxy) is 3. The van der Waals surface area contributed by atoms with Crippen molar-refractivity contribution in [3.05, 3.63) is 71.2 Å². The van der Waals surface area contributed by atoms with E-state index in [9.17, 15) is 23.2 Å². The molecule has 1 fully saturated rings. The summed E-state index contributed by atoms with van der Waals surface area (Å²) in [6.45, 7) is 2.91. The Morgan fingerprint density at radius 1 is 1.16 bits per heavy atom.